The summed E-state index contributed by atoms with van der Waals surface area (Å²) in [5, 5.41) is 0. The molecule has 2 saturated carbocycles. The van der Waals surface area contributed by atoms with Gasteiger partial charge in [-0.05, 0) is 12.8 Å². The third-order valence-corrected chi connectivity index (χ3v) is 3.63. The average molecular weight is 182 g/mol. The normalized spacial score (nSPS) is 50.8. The van der Waals surface area contributed by atoms with Gasteiger partial charge in [-0.3, -0.25) is 9.59 Å². The lowest BCUT2D eigenvalue weighted by molar-refractivity contribution is -0.152. The van der Waals surface area contributed by atoms with Crippen molar-refractivity contribution in [2.45, 2.75) is 25.0 Å². The van der Waals surface area contributed by atoms with Crippen LogP contribution in [0, 0.1) is 17.8 Å². The Kier molecular flexibility index (Phi) is 1.27. The second-order valence-electron chi connectivity index (χ2n) is 4.10. The average Bonchev–Trinajstić information content (AvgIpc) is 2.69. The van der Waals surface area contributed by atoms with Crippen LogP contribution in [0.4, 0.5) is 0 Å². The number of fused-ring (bicyclic) bond motifs is 1. The van der Waals surface area contributed by atoms with E-state index in [0.717, 1.165) is 12.8 Å². The van der Waals surface area contributed by atoms with Crippen LogP contribution >= 0.6 is 0 Å². The minimum Gasteiger partial charge on any atom is -0.460 e. The highest BCUT2D eigenvalue weighted by atomic mass is 16.6. The van der Waals surface area contributed by atoms with Crippen LogP contribution in [-0.4, -0.2) is 24.6 Å². The number of ether oxygens (including phenoxy) is 2. The Labute approximate surface area is 75.2 Å². The number of hydrogen-bond donors (Lipinski definition) is 0. The van der Waals surface area contributed by atoms with Gasteiger partial charge in [0, 0.05) is 11.8 Å². The number of carbonyl (C=O) groups excluding carboxylic acids is 2. The van der Waals surface area contributed by atoms with Crippen molar-refractivity contribution in [1.29, 1.82) is 0 Å². The minimum absolute atomic E-state index is 0.0884. The van der Waals surface area contributed by atoms with Crippen molar-refractivity contribution in [3.8, 4) is 0 Å². The molecule has 3 rings (SSSR count). The summed E-state index contributed by atoms with van der Waals surface area (Å²) in [6, 6.07) is 0. The van der Waals surface area contributed by atoms with Crippen molar-refractivity contribution >= 4 is 12.4 Å². The highest BCUT2D eigenvalue weighted by molar-refractivity contribution is 5.76. The molecular weight excluding hydrogens is 172 g/mol. The molecule has 0 spiro atoms. The molecule has 3 fully saturated rings. The maximum Gasteiger partial charge on any atom is 0.309 e. The lowest BCUT2D eigenvalue weighted by Crippen LogP contribution is -2.33. The number of hydrogen-bond acceptors (Lipinski definition) is 4. The minimum atomic E-state index is -0.162. The zero-order valence-corrected chi connectivity index (χ0v) is 7.01. The first-order valence-electron chi connectivity index (χ1n) is 4.61. The van der Waals surface area contributed by atoms with Crippen molar-refractivity contribution in [2.24, 2.45) is 17.8 Å². The van der Waals surface area contributed by atoms with E-state index in [-0.39, 0.29) is 24.1 Å². The quantitative estimate of drug-likeness (QED) is 0.449. The fourth-order valence-electron chi connectivity index (χ4n) is 3.15. The van der Waals surface area contributed by atoms with Crippen LogP contribution < -0.4 is 0 Å². The van der Waals surface area contributed by atoms with Crippen LogP contribution in [0.25, 0.3) is 0 Å². The Balaban J connectivity index is 1.90. The van der Waals surface area contributed by atoms with Gasteiger partial charge in [0.25, 0.3) is 6.47 Å². The third-order valence-electron chi connectivity index (χ3n) is 3.63. The van der Waals surface area contributed by atoms with Gasteiger partial charge in [0.05, 0.1) is 5.92 Å². The van der Waals surface area contributed by atoms with Gasteiger partial charge in [0.15, 0.2) is 0 Å². The van der Waals surface area contributed by atoms with E-state index >= 15 is 0 Å². The number of rotatable bonds is 2. The lowest BCUT2D eigenvalue weighted by Gasteiger charge is -2.22. The molecule has 4 heteroatoms. The van der Waals surface area contributed by atoms with Crippen LogP contribution in [0.3, 0.4) is 0 Å². The molecule has 0 amide bonds. The topological polar surface area (TPSA) is 52.6 Å². The van der Waals surface area contributed by atoms with Crippen molar-refractivity contribution in [3.63, 3.8) is 0 Å². The lowest BCUT2D eigenvalue weighted by atomic mass is 9.88. The molecule has 0 radical (unpaired) electrons. The molecule has 1 saturated heterocycles. The van der Waals surface area contributed by atoms with Gasteiger partial charge < -0.3 is 9.47 Å². The van der Waals surface area contributed by atoms with Crippen molar-refractivity contribution in [1.82, 2.24) is 0 Å². The summed E-state index contributed by atoms with van der Waals surface area (Å²) in [4.78, 5) is 21.5. The summed E-state index contributed by atoms with van der Waals surface area (Å²) in [7, 11) is 0. The van der Waals surface area contributed by atoms with Gasteiger partial charge in [0.1, 0.15) is 12.2 Å². The molecular formula is C9H10O4. The monoisotopic (exact) mass is 182 g/mol. The largest absolute Gasteiger partial charge is 0.460 e. The van der Waals surface area contributed by atoms with Gasteiger partial charge in [-0.2, -0.15) is 0 Å². The van der Waals surface area contributed by atoms with Crippen LogP contribution in [0.1, 0.15) is 12.8 Å². The Morgan fingerprint density at radius 3 is 3.08 bits per heavy atom. The van der Waals surface area contributed by atoms with E-state index in [4.69, 9.17) is 9.47 Å². The summed E-state index contributed by atoms with van der Waals surface area (Å²) in [5.74, 6) is 0.690. The molecule has 5 atom stereocenters. The van der Waals surface area contributed by atoms with Crippen LogP contribution in [-0.2, 0) is 19.1 Å². The van der Waals surface area contributed by atoms with Gasteiger partial charge in [0.2, 0.25) is 0 Å². The molecule has 1 aliphatic heterocycles. The second-order valence-corrected chi connectivity index (χ2v) is 4.10. The number of esters is 1. The van der Waals surface area contributed by atoms with E-state index in [9.17, 15) is 9.59 Å². The molecule has 4 nitrogen and oxygen atoms in total. The first kappa shape index (κ1) is 7.35. The highest BCUT2D eigenvalue weighted by Gasteiger charge is 2.62. The first-order valence-corrected chi connectivity index (χ1v) is 4.61. The molecule has 2 bridgehead atoms. The summed E-state index contributed by atoms with van der Waals surface area (Å²) >= 11 is 0. The number of carbonyl (C=O) groups is 2. The first-order chi connectivity index (χ1) is 6.31. The Morgan fingerprint density at radius 1 is 1.46 bits per heavy atom. The van der Waals surface area contributed by atoms with Crippen LogP contribution in [0.5, 0.6) is 0 Å². The SMILES string of the molecule is O=COC1C2CC3C(=O)OC1C3C2. The van der Waals surface area contributed by atoms with Gasteiger partial charge in [-0.25, -0.2) is 0 Å². The van der Waals surface area contributed by atoms with E-state index in [2.05, 4.69) is 0 Å². The van der Waals surface area contributed by atoms with E-state index in [1.165, 1.54) is 0 Å². The van der Waals surface area contributed by atoms with Gasteiger partial charge in [-0.1, -0.05) is 0 Å². The van der Waals surface area contributed by atoms with Crippen molar-refractivity contribution < 1.29 is 19.1 Å². The highest BCUT2D eigenvalue weighted by Crippen LogP contribution is 2.55. The molecule has 3 aliphatic rings. The Hall–Kier alpha value is -1.06. The van der Waals surface area contributed by atoms with E-state index < -0.39 is 0 Å². The van der Waals surface area contributed by atoms with Crippen molar-refractivity contribution in [2.75, 3.05) is 0 Å². The Morgan fingerprint density at radius 2 is 2.31 bits per heavy atom. The fourth-order valence-corrected chi connectivity index (χ4v) is 3.15. The fraction of sp³-hybridized carbons (Fsp3) is 0.778. The maximum absolute atomic E-state index is 11.3. The third kappa shape index (κ3) is 0.759. The zero-order valence-electron chi connectivity index (χ0n) is 7.01. The van der Waals surface area contributed by atoms with Crippen LogP contribution in [0.2, 0.25) is 0 Å². The summed E-state index contributed by atoms with van der Waals surface area (Å²) in [6.45, 7) is 0.465. The molecule has 0 aromatic carbocycles. The molecule has 2 aliphatic carbocycles. The summed E-state index contributed by atoms with van der Waals surface area (Å²) < 4.78 is 10.1. The van der Waals surface area contributed by atoms with Gasteiger partial charge >= 0.3 is 5.97 Å². The van der Waals surface area contributed by atoms with E-state index in [1.54, 1.807) is 0 Å². The molecule has 1 heterocycles. The second kappa shape index (κ2) is 2.25. The molecule has 13 heavy (non-hydrogen) atoms. The predicted molar refractivity (Wildman–Crippen MR) is 40.5 cm³/mol. The van der Waals surface area contributed by atoms with Crippen molar-refractivity contribution in [3.05, 3.63) is 0 Å². The van der Waals surface area contributed by atoms with Crippen LogP contribution in [0.15, 0.2) is 0 Å². The Bertz CT molecular complexity index is 275. The molecule has 0 aromatic rings. The van der Waals surface area contributed by atoms with Gasteiger partial charge in [-0.15, -0.1) is 0 Å². The summed E-state index contributed by atoms with van der Waals surface area (Å²) in [6.07, 6.45) is 1.53. The molecule has 5 unspecified atom stereocenters. The molecule has 0 N–H and O–H groups in total. The van der Waals surface area contributed by atoms with E-state index in [1.807, 2.05) is 0 Å². The van der Waals surface area contributed by atoms with E-state index in [0.29, 0.717) is 18.3 Å². The smallest absolute Gasteiger partial charge is 0.309 e. The molecule has 70 valence electrons. The zero-order chi connectivity index (χ0) is 9.00. The predicted octanol–water partition coefficient (Wildman–Crippen LogP) is 0.109. The standard InChI is InChI=1S/C9H10O4/c10-3-12-7-4-1-5-6(2-4)9(11)13-8(5)7/h3-8H,1-2H2. The summed E-state index contributed by atoms with van der Waals surface area (Å²) in [5.41, 5.74) is 0. The maximum atomic E-state index is 11.3. The molecule has 0 aromatic heterocycles.